The van der Waals surface area contributed by atoms with Gasteiger partial charge in [-0.2, -0.15) is 0 Å². The van der Waals surface area contributed by atoms with Gasteiger partial charge in [-0.3, -0.25) is 0 Å². The molecule has 114 valence electrons. The van der Waals surface area contributed by atoms with Crippen molar-refractivity contribution in [2.45, 2.75) is 39.0 Å². The Morgan fingerprint density at radius 2 is 1.45 bits per heavy atom. The zero-order valence-electron chi connectivity index (χ0n) is 13.0. The molecule has 0 aliphatic carbocycles. The number of unbranched alkanes of at least 4 members (excludes halogenated alkanes) is 4. The van der Waals surface area contributed by atoms with Crippen LogP contribution in [-0.2, 0) is 0 Å². The molecule has 0 N–H and O–H groups in total. The Bertz CT molecular complexity index is 591. The van der Waals surface area contributed by atoms with Crippen LogP contribution in [0.5, 0.6) is 0 Å². The monoisotopic (exact) mass is 516 g/mol. The first kappa shape index (κ1) is 17.8. The first-order chi connectivity index (χ1) is 10.9. The van der Waals surface area contributed by atoms with Gasteiger partial charge in [0, 0.05) is 6.42 Å². The maximum atomic E-state index is 3.42. The summed E-state index contributed by atoms with van der Waals surface area (Å²) in [6, 6.07) is 20.0. The van der Waals surface area contributed by atoms with E-state index in [0.717, 1.165) is 6.42 Å². The van der Waals surface area contributed by atoms with Crippen molar-refractivity contribution in [2.24, 2.45) is 0 Å². The Labute approximate surface area is 155 Å². The number of rotatable bonds is 7. The van der Waals surface area contributed by atoms with Gasteiger partial charge in [-0.25, -0.2) is 0 Å². The van der Waals surface area contributed by atoms with Crippen molar-refractivity contribution >= 4 is 0 Å². The number of benzene rings is 2. The molecule has 0 atom stereocenters. The van der Waals surface area contributed by atoms with E-state index in [0.29, 0.717) is 0 Å². The van der Waals surface area contributed by atoms with Crippen LogP contribution >= 0.6 is 0 Å². The molecule has 0 fully saturated rings. The van der Waals surface area contributed by atoms with Crippen LogP contribution < -0.4 is 42.4 Å². The third-order valence-electron chi connectivity index (χ3n) is 3.13. The van der Waals surface area contributed by atoms with Crippen LogP contribution in [0.4, 0.5) is 0 Å². The van der Waals surface area contributed by atoms with E-state index in [2.05, 4.69) is 71.4 Å². The number of halogens is 2. The maximum absolute atomic E-state index is 3.42. The highest BCUT2D eigenvalue weighted by Crippen LogP contribution is 2.00. The van der Waals surface area contributed by atoms with E-state index in [-0.39, 0.29) is 42.4 Å². The van der Waals surface area contributed by atoms with Crippen molar-refractivity contribution in [1.29, 1.82) is 0 Å². The van der Waals surface area contributed by atoms with Crippen LogP contribution in [-0.4, -0.2) is 0 Å². The minimum atomic E-state index is -0.121. The summed E-state index contributed by atoms with van der Waals surface area (Å²) in [7, 11) is 0. The van der Waals surface area contributed by atoms with Gasteiger partial charge < -0.3 is 0 Å². The van der Waals surface area contributed by atoms with Gasteiger partial charge in [-0.1, -0.05) is 44.4 Å². The fraction of sp³-hybridized carbons (Fsp3) is 0.300. The average molecular weight is 516 g/mol. The van der Waals surface area contributed by atoms with Gasteiger partial charge in [0.1, 0.15) is 0 Å². The van der Waals surface area contributed by atoms with E-state index < -0.39 is 0 Å². The zero-order chi connectivity index (χ0) is 15.5. The second-order valence-electron chi connectivity index (χ2n) is 5.00. The van der Waals surface area contributed by atoms with Gasteiger partial charge in [-0.15, -0.1) is 0 Å². The molecule has 2 rings (SSSR count). The molecule has 0 unspecified atom stereocenters. The van der Waals surface area contributed by atoms with Crippen LogP contribution in [0.25, 0.3) is 0 Å². The van der Waals surface area contributed by atoms with Crippen molar-refractivity contribution in [1.82, 2.24) is 0 Å². The molecule has 0 aliphatic heterocycles. The van der Waals surface area contributed by atoms with E-state index in [1.165, 1.54) is 36.4 Å². The summed E-state index contributed by atoms with van der Waals surface area (Å²) in [4.78, 5) is 0. The average Bonchev–Trinajstić information content (AvgIpc) is 2.56. The lowest BCUT2D eigenvalue weighted by Crippen LogP contribution is -3.61. The minimum Gasteiger partial charge on any atom is -0.0654 e. The van der Waals surface area contributed by atoms with E-state index >= 15 is 0 Å². The molecule has 22 heavy (non-hydrogen) atoms. The Kier molecular flexibility index (Phi) is 8.96. The van der Waals surface area contributed by atoms with Gasteiger partial charge >= 0.3 is 42.4 Å². The number of hydrogen-bond acceptors (Lipinski definition) is 0. The summed E-state index contributed by atoms with van der Waals surface area (Å²) in [5.74, 6) is 3.35. The van der Waals surface area contributed by atoms with Gasteiger partial charge in [0.2, 0.25) is 3.57 Å². The first-order valence-electron chi connectivity index (χ1n) is 7.80. The fourth-order valence-electron chi connectivity index (χ4n) is 1.93. The molecule has 0 nitrogen and oxygen atoms in total. The summed E-state index contributed by atoms with van der Waals surface area (Å²) < 4.78 is 7.83. The van der Waals surface area contributed by atoms with Gasteiger partial charge in [0.25, 0.3) is 0 Å². The quantitative estimate of drug-likeness (QED) is 0.252. The van der Waals surface area contributed by atoms with Crippen LogP contribution in [0.1, 0.15) is 39.0 Å². The first-order valence-corrected chi connectivity index (χ1v) is 12.1. The standard InChI is InChI=1S/C20H22I2/c1-2-3-4-5-6-10-17-21-18-13-15-20(16-14-18)22-19-11-8-7-9-12-19/h7-9,11-16H,2-6H2,1H3/q+2. The smallest absolute Gasteiger partial charge is 0.0654 e. The van der Waals surface area contributed by atoms with Gasteiger partial charge in [-0.05, 0) is 48.7 Å². The second kappa shape index (κ2) is 11.1. The van der Waals surface area contributed by atoms with E-state index in [9.17, 15) is 0 Å². The molecular formula is C20H22I2+2. The lowest BCUT2D eigenvalue weighted by atomic mass is 10.2. The van der Waals surface area contributed by atoms with Crippen molar-refractivity contribution in [3.05, 3.63) is 65.3 Å². The van der Waals surface area contributed by atoms with Crippen molar-refractivity contribution in [2.75, 3.05) is 0 Å². The summed E-state index contributed by atoms with van der Waals surface area (Å²) in [6.07, 6.45) is 6.34. The Balaban J connectivity index is 1.76. The van der Waals surface area contributed by atoms with E-state index in [1.54, 1.807) is 0 Å². The Morgan fingerprint density at radius 1 is 0.773 bits per heavy atom. The molecular weight excluding hydrogens is 494 g/mol. The van der Waals surface area contributed by atoms with Crippen LogP contribution in [0.2, 0.25) is 0 Å². The van der Waals surface area contributed by atoms with Gasteiger partial charge in [0.05, 0.1) is 0 Å². The summed E-state index contributed by atoms with van der Waals surface area (Å²) in [5.41, 5.74) is 0. The topological polar surface area (TPSA) is 0 Å². The Morgan fingerprint density at radius 3 is 2.18 bits per heavy atom. The molecule has 0 aliphatic rings. The lowest BCUT2D eigenvalue weighted by Gasteiger charge is -1.90. The molecule has 0 aromatic heterocycles. The molecule has 0 spiro atoms. The highest BCUT2D eigenvalue weighted by molar-refractivity contribution is 5.03. The lowest BCUT2D eigenvalue weighted by molar-refractivity contribution is -0.598. The van der Waals surface area contributed by atoms with Crippen molar-refractivity contribution in [3.8, 4) is 9.85 Å². The number of hydrogen-bond donors (Lipinski definition) is 0. The molecule has 0 saturated carbocycles. The van der Waals surface area contributed by atoms with Crippen molar-refractivity contribution in [3.63, 3.8) is 0 Å². The molecule has 2 heteroatoms. The summed E-state index contributed by atoms with van der Waals surface area (Å²) in [6.45, 7) is 2.25. The zero-order valence-corrected chi connectivity index (χ0v) is 17.3. The van der Waals surface area contributed by atoms with Crippen molar-refractivity contribution < 1.29 is 42.4 Å². The van der Waals surface area contributed by atoms with E-state index in [1.807, 2.05) is 0 Å². The predicted molar refractivity (Wildman–Crippen MR) is 85.5 cm³/mol. The fourth-order valence-corrected chi connectivity index (χ4v) is 5.64. The molecule has 0 saturated heterocycles. The molecule has 0 amide bonds. The van der Waals surface area contributed by atoms with Gasteiger partial charge in [0.15, 0.2) is 11.1 Å². The summed E-state index contributed by atoms with van der Waals surface area (Å²) in [5, 5.41) is 0. The van der Waals surface area contributed by atoms with E-state index in [4.69, 9.17) is 0 Å². The highest BCUT2D eigenvalue weighted by atomic mass is 127. The maximum Gasteiger partial charge on any atom is 0.419 e. The van der Waals surface area contributed by atoms with Crippen LogP contribution in [0, 0.1) is 20.6 Å². The molecule has 2 aromatic carbocycles. The minimum absolute atomic E-state index is 0.0338. The second-order valence-corrected chi connectivity index (χ2v) is 10.4. The molecule has 0 radical (unpaired) electrons. The summed E-state index contributed by atoms with van der Waals surface area (Å²) >= 11 is -0.155. The van der Waals surface area contributed by atoms with Crippen LogP contribution in [0.15, 0.2) is 54.6 Å². The Hall–Kier alpha value is -0.540. The SMILES string of the molecule is CCCCCCC#C[I+]c1ccc([I+]c2ccccc2)cc1. The third kappa shape index (κ3) is 7.15. The normalized spacial score (nSPS) is 10.0. The third-order valence-corrected chi connectivity index (χ3v) is 7.81. The molecule has 0 heterocycles. The molecule has 2 aromatic rings. The highest BCUT2D eigenvalue weighted by Gasteiger charge is 2.16. The van der Waals surface area contributed by atoms with Crippen LogP contribution in [0.3, 0.4) is 0 Å². The molecule has 0 bridgehead atoms. The predicted octanol–water partition coefficient (Wildman–Crippen LogP) is -0.995. The largest absolute Gasteiger partial charge is 0.419 e.